The summed E-state index contributed by atoms with van der Waals surface area (Å²) >= 11 is 5.84. The highest BCUT2D eigenvalue weighted by atomic mass is 35.5. The number of benzene rings is 1. The largest absolute Gasteiger partial charge is 0.372 e. The normalized spacial score (nSPS) is 21.7. The quantitative estimate of drug-likeness (QED) is 0.805. The molecular formula is C15H19ClO2. The minimum absolute atomic E-state index is 0.0793. The summed E-state index contributed by atoms with van der Waals surface area (Å²) < 4.78 is 5.91. The molecule has 98 valence electrons. The van der Waals surface area contributed by atoms with Crippen LogP contribution in [0.2, 0.25) is 5.02 Å². The van der Waals surface area contributed by atoms with E-state index in [4.69, 9.17) is 16.3 Å². The van der Waals surface area contributed by atoms with Crippen LogP contribution in [0.25, 0.3) is 0 Å². The van der Waals surface area contributed by atoms with Gasteiger partial charge in [-0.25, -0.2) is 0 Å². The Morgan fingerprint density at radius 1 is 1.28 bits per heavy atom. The first-order valence-corrected chi connectivity index (χ1v) is 6.89. The third-order valence-corrected chi connectivity index (χ3v) is 4.42. The zero-order valence-corrected chi connectivity index (χ0v) is 11.7. The molecule has 0 heterocycles. The third kappa shape index (κ3) is 2.32. The van der Waals surface area contributed by atoms with E-state index in [0.29, 0.717) is 18.8 Å². The number of rotatable bonds is 5. The van der Waals surface area contributed by atoms with Crippen molar-refractivity contribution in [3.05, 3.63) is 34.9 Å². The highest BCUT2D eigenvalue weighted by Crippen LogP contribution is 2.45. The van der Waals surface area contributed by atoms with Crippen molar-refractivity contribution in [2.24, 2.45) is 5.41 Å². The molecule has 2 nitrogen and oxygen atoms in total. The number of hydrogen-bond acceptors (Lipinski definition) is 2. The average molecular weight is 267 g/mol. The Morgan fingerprint density at radius 2 is 1.89 bits per heavy atom. The van der Waals surface area contributed by atoms with Gasteiger partial charge in [0, 0.05) is 11.4 Å². The molecule has 0 amide bonds. The molecule has 1 aromatic rings. The van der Waals surface area contributed by atoms with Crippen molar-refractivity contribution in [2.45, 2.75) is 45.8 Å². The second-order valence-corrected chi connectivity index (χ2v) is 5.35. The van der Waals surface area contributed by atoms with Gasteiger partial charge in [-0.3, -0.25) is 4.79 Å². The maximum absolute atomic E-state index is 11.8. The molecule has 3 heteroatoms. The summed E-state index contributed by atoms with van der Waals surface area (Å²) in [5.74, 6) is 0.355. The van der Waals surface area contributed by atoms with Gasteiger partial charge < -0.3 is 4.74 Å². The molecule has 0 bridgehead atoms. The summed E-state index contributed by atoms with van der Waals surface area (Å²) in [5.41, 5.74) is 0.867. The number of halogens is 1. The number of ketones is 1. The van der Waals surface area contributed by atoms with Crippen molar-refractivity contribution in [3.8, 4) is 0 Å². The van der Waals surface area contributed by atoms with Gasteiger partial charge in [0.1, 0.15) is 5.78 Å². The summed E-state index contributed by atoms with van der Waals surface area (Å²) in [6.45, 7) is 4.69. The Morgan fingerprint density at radius 3 is 2.39 bits per heavy atom. The van der Waals surface area contributed by atoms with Crippen LogP contribution < -0.4 is 0 Å². The Balaban J connectivity index is 1.95. The first-order chi connectivity index (χ1) is 8.62. The Labute approximate surface area is 113 Å². The summed E-state index contributed by atoms with van der Waals surface area (Å²) in [6.07, 6.45) is 2.38. The van der Waals surface area contributed by atoms with E-state index in [0.717, 1.165) is 23.4 Å². The molecular weight excluding hydrogens is 248 g/mol. The van der Waals surface area contributed by atoms with Crippen LogP contribution in [0.1, 0.15) is 38.7 Å². The van der Waals surface area contributed by atoms with Crippen molar-refractivity contribution in [2.75, 3.05) is 0 Å². The van der Waals surface area contributed by atoms with Gasteiger partial charge in [0.25, 0.3) is 0 Å². The van der Waals surface area contributed by atoms with E-state index in [1.165, 1.54) is 0 Å². The van der Waals surface area contributed by atoms with Crippen molar-refractivity contribution < 1.29 is 9.53 Å². The lowest BCUT2D eigenvalue weighted by Crippen LogP contribution is -2.54. The van der Waals surface area contributed by atoms with Crippen LogP contribution in [0.5, 0.6) is 0 Å². The van der Waals surface area contributed by atoms with E-state index in [9.17, 15) is 4.79 Å². The zero-order valence-electron chi connectivity index (χ0n) is 10.9. The molecule has 0 aromatic heterocycles. The summed E-state index contributed by atoms with van der Waals surface area (Å²) in [7, 11) is 0. The topological polar surface area (TPSA) is 26.3 Å². The van der Waals surface area contributed by atoms with Crippen LogP contribution in [-0.2, 0) is 16.1 Å². The number of hydrogen-bond donors (Lipinski definition) is 0. The first kappa shape index (κ1) is 13.6. The molecule has 1 fully saturated rings. The number of ether oxygens (including phenoxy) is 1. The monoisotopic (exact) mass is 266 g/mol. The van der Waals surface area contributed by atoms with E-state index in [2.05, 4.69) is 13.8 Å². The fourth-order valence-electron chi connectivity index (χ4n) is 2.71. The van der Waals surface area contributed by atoms with Crippen LogP contribution in [0.4, 0.5) is 0 Å². The predicted octanol–water partition coefficient (Wildman–Crippen LogP) is 4.00. The summed E-state index contributed by atoms with van der Waals surface area (Å²) in [6, 6.07) is 7.64. The fourth-order valence-corrected chi connectivity index (χ4v) is 2.84. The van der Waals surface area contributed by atoms with Gasteiger partial charge in [-0.1, -0.05) is 37.6 Å². The number of carbonyl (C=O) groups excluding carboxylic acids is 1. The molecule has 18 heavy (non-hydrogen) atoms. The molecule has 1 unspecified atom stereocenters. The zero-order chi connectivity index (χ0) is 13.2. The lowest BCUT2D eigenvalue weighted by Gasteiger charge is -2.46. The summed E-state index contributed by atoms with van der Waals surface area (Å²) in [4.78, 5) is 11.8. The second-order valence-electron chi connectivity index (χ2n) is 4.92. The van der Waals surface area contributed by atoms with Crippen LogP contribution >= 0.6 is 11.6 Å². The van der Waals surface area contributed by atoms with Crippen LogP contribution in [0.15, 0.2) is 24.3 Å². The lowest BCUT2D eigenvalue weighted by atomic mass is 9.61. The third-order valence-electron chi connectivity index (χ3n) is 4.17. The maximum atomic E-state index is 11.8. The molecule has 0 saturated heterocycles. The molecule has 0 N–H and O–H groups in total. The Bertz CT molecular complexity index is 421. The molecule has 0 radical (unpaired) electrons. The minimum atomic E-state index is -0.230. The van der Waals surface area contributed by atoms with Crippen molar-refractivity contribution >= 4 is 17.4 Å². The predicted molar refractivity (Wildman–Crippen MR) is 72.7 cm³/mol. The average Bonchev–Trinajstić information content (AvgIpc) is 2.38. The van der Waals surface area contributed by atoms with Gasteiger partial charge in [-0.15, -0.1) is 0 Å². The van der Waals surface area contributed by atoms with Gasteiger partial charge in [0.15, 0.2) is 0 Å². The highest BCUT2D eigenvalue weighted by Gasteiger charge is 2.52. The highest BCUT2D eigenvalue weighted by molar-refractivity contribution is 6.30. The van der Waals surface area contributed by atoms with E-state index in [1.54, 1.807) is 0 Å². The van der Waals surface area contributed by atoms with Crippen LogP contribution in [0.3, 0.4) is 0 Å². The van der Waals surface area contributed by atoms with Gasteiger partial charge in [-0.2, -0.15) is 0 Å². The van der Waals surface area contributed by atoms with Crippen LogP contribution in [0, 0.1) is 5.41 Å². The van der Waals surface area contributed by atoms with E-state index in [1.807, 2.05) is 24.3 Å². The second kappa shape index (κ2) is 5.41. The van der Waals surface area contributed by atoms with Gasteiger partial charge in [0.05, 0.1) is 18.1 Å². The minimum Gasteiger partial charge on any atom is -0.372 e. The molecule has 1 atom stereocenters. The van der Waals surface area contributed by atoms with E-state index < -0.39 is 0 Å². The maximum Gasteiger partial charge on any atom is 0.144 e. The Hall–Kier alpha value is -0.860. The van der Waals surface area contributed by atoms with E-state index >= 15 is 0 Å². The molecule has 1 saturated carbocycles. The number of Topliss-reactive ketones (excluding diaryl/α,β-unsaturated/α-hetero) is 1. The van der Waals surface area contributed by atoms with Gasteiger partial charge in [-0.05, 0) is 30.5 Å². The lowest BCUT2D eigenvalue weighted by molar-refractivity contribution is -0.167. The molecule has 0 spiro atoms. The molecule has 2 rings (SSSR count). The SMILES string of the molecule is CCC1(CC)C(=O)CC1OCc1ccc(Cl)cc1. The summed E-state index contributed by atoms with van der Waals surface area (Å²) in [5, 5.41) is 0.731. The first-order valence-electron chi connectivity index (χ1n) is 6.51. The fraction of sp³-hybridized carbons (Fsp3) is 0.533. The van der Waals surface area contributed by atoms with Gasteiger partial charge in [0.2, 0.25) is 0 Å². The molecule has 1 aliphatic rings. The van der Waals surface area contributed by atoms with Crippen molar-refractivity contribution in [3.63, 3.8) is 0 Å². The Kier molecular flexibility index (Phi) is 4.08. The van der Waals surface area contributed by atoms with Crippen LogP contribution in [-0.4, -0.2) is 11.9 Å². The van der Waals surface area contributed by atoms with Crippen molar-refractivity contribution in [1.29, 1.82) is 0 Å². The smallest absolute Gasteiger partial charge is 0.144 e. The molecule has 1 aliphatic carbocycles. The number of carbonyl (C=O) groups is 1. The molecule has 0 aliphatic heterocycles. The van der Waals surface area contributed by atoms with Crippen molar-refractivity contribution in [1.82, 2.24) is 0 Å². The molecule has 1 aromatic carbocycles. The van der Waals surface area contributed by atoms with E-state index in [-0.39, 0.29) is 11.5 Å². The van der Waals surface area contributed by atoms with Gasteiger partial charge >= 0.3 is 0 Å². The standard InChI is InChI=1S/C15H19ClO2/c1-3-15(4-2)13(17)9-14(15)18-10-11-5-7-12(16)8-6-11/h5-8,14H,3-4,9-10H2,1-2H3.